The predicted molar refractivity (Wildman–Crippen MR) is 104 cm³/mol. The Morgan fingerprint density at radius 1 is 0.964 bits per heavy atom. The van der Waals surface area contributed by atoms with E-state index in [0.717, 1.165) is 0 Å². The third-order valence-corrected chi connectivity index (χ3v) is 3.70. The van der Waals surface area contributed by atoms with E-state index >= 15 is 0 Å². The second kappa shape index (κ2) is 10.1. The van der Waals surface area contributed by atoms with Gasteiger partial charge in [-0.1, -0.05) is 44.2 Å². The predicted octanol–water partition coefficient (Wildman–Crippen LogP) is 3.08. The summed E-state index contributed by atoms with van der Waals surface area (Å²) in [6.07, 6.45) is -1.26. The minimum absolute atomic E-state index is 0.269. The molecule has 0 aliphatic carbocycles. The van der Waals surface area contributed by atoms with Crippen molar-refractivity contribution in [1.82, 2.24) is 10.6 Å². The average Bonchev–Trinajstić information content (AvgIpc) is 2.71. The third-order valence-electron chi connectivity index (χ3n) is 3.70. The second-order valence-electron chi connectivity index (χ2n) is 6.49. The van der Waals surface area contributed by atoms with Gasteiger partial charge in [-0.25, -0.2) is 9.59 Å². The van der Waals surface area contributed by atoms with Crippen LogP contribution in [0.2, 0.25) is 0 Å². The fourth-order valence-corrected chi connectivity index (χ4v) is 2.27. The number of amides is 3. The summed E-state index contributed by atoms with van der Waals surface area (Å²) in [4.78, 5) is 36.4. The van der Waals surface area contributed by atoms with E-state index in [1.165, 1.54) is 7.05 Å². The van der Waals surface area contributed by atoms with Crippen LogP contribution in [0.25, 0.3) is 0 Å². The van der Waals surface area contributed by atoms with Gasteiger partial charge in [0.15, 0.2) is 0 Å². The van der Waals surface area contributed by atoms with Gasteiger partial charge in [0.2, 0.25) is 6.10 Å². The van der Waals surface area contributed by atoms with Gasteiger partial charge in [0.1, 0.15) is 5.75 Å². The van der Waals surface area contributed by atoms with Gasteiger partial charge in [-0.05, 0) is 30.2 Å². The molecule has 0 bridgehead atoms. The molecule has 2 N–H and O–H groups in total. The van der Waals surface area contributed by atoms with Gasteiger partial charge in [0.25, 0.3) is 5.91 Å². The van der Waals surface area contributed by atoms with Crippen LogP contribution in [0.15, 0.2) is 54.6 Å². The number of hydrogen-bond acceptors (Lipinski definition) is 5. The first-order valence-corrected chi connectivity index (χ1v) is 8.92. The zero-order valence-corrected chi connectivity index (χ0v) is 16.1. The van der Waals surface area contributed by atoms with Crippen LogP contribution in [0, 0.1) is 5.92 Å². The van der Waals surface area contributed by atoms with E-state index in [9.17, 15) is 14.4 Å². The smallest absolute Gasteiger partial charge is 0.339 e. The Kier molecular flexibility index (Phi) is 7.56. The number of hydrogen-bond donors (Lipinski definition) is 2. The molecular formula is C21H24N2O5. The minimum Gasteiger partial charge on any atom is -0.493 e. The minimum atomic E-state index is -1.26. The molecule has 0 radical (unpaired) electrons. The molecule has 0 aliphatic heterocycles. The Labute approximate surface area is 164 Å². The number of carbonyl (C=O) groups is 3. The Morgan fingerprint density at radius 2 is 1.61 bits per heavy atom. The lowest BCUT2D eigenvalue weighted by atomic mass is 10.1. The largest absolute Gasteiger partial charge is 0.493 e. The molecule has 0 spiro atoms. The molecule has 2 aromatic carbocycles. The van der Waals surface area contributed by atoms with Crippen LogP contribution in [0.5, 0.6) is 5.75 Å². The van der Waals surface area contributed by atoms with Crippen LogP contribution >= 0.6 is 0 Å². The number of imide groups is 1. The van der Waals surface area contributed by atoms with Crippen molar-refractivity contribution in [2.75, 3.05) is 13.7 Å². The third kappa shape index (κ3) is 6.12. The summed E-state index contributed by atoms with van der Waals surface area (Å²) in [5.74, 6) is -0.399. The highest BCUT2D eigenvalue weighted by Gasteiger charge is 2.26. The van der Waals surface area contributed by atoms with Crippen LogP contribution in [0.4, 0.5) is 4.79 Å². The number of rotatable bonds is 7. The molecule has 0 fully saturated rings. The molecule has 1 unspecified atom stereocenters. The Morgan fingerprint density at radius 3 is 2.18 bits per heavy atom. The fraction of sp³-hybridized carbons (Fsp3) is 0.286. The maximum atomic E-state index is 12.5. The Balaban J connectivity index is 2.13. The van der Waals surface area contributed by atoms with Crippen LogP contribution < -0.4 is 15.4 Å². The van der Waals surface area contributed by atoms with Crippen molar-refractivity contribution in [3.8, 4) is 5.75 Å². The topological polar surface area (TPSA) is 93.7 Å². The molecule has 1 atom stereocenters. The maximum absolute atomic E-state index is 12.5. The van der Waals surface area contributed by atoms with Crippen molar-refractivity contribution < 1.29 is 23.9 Å². The Bertz CT molecular complexity index is 803. The van der Waals surface area contributed by atoms with Gasteiger partial charge in [-0.15, -0.1) is 0 Å². The highest BCUT2D eigenvalue weighted by molar-refractivity contribution is 5.99. The van der Waals surface area contributed by atoms with Crippen LogP contribution in [-0.2, 0) is 9.53 Å². The van der Waals surface area contributed by atoms with Crippen molar-refractivity contribution in [1.29, 1.82) is 0 Å². The van der Waals surface area contributed by atoms with Gasteiger partial charge in [0, 0.05) is 12.6 Å². The van der Waals surface area contributed by atoms with Gasteiger partial charge in [-0.2, -0.15) is 0 Å². The first-order valence-electron chi connectivity index (χ1n) is 8.92. The molecule has 7 nitrogen and oxygen atoms in total. The van der Waals surface area contributed by atoms with Crippen molar-refractivity contribution in [2.24, 2.45) is 5.92 Å². The number of benzene rings is 2. The van der Waals surface area contributed by atoms with Crippen LogP contribution in [0.3, 0.4) is 0 Å². The summed E-state index contributed by atoms with van der Waals surface area (Å²) < 4.78 is 11.0. The molecule has 0 saturated carbocycles. The Hall–Kier alpha value is -3.35. The van der Waals surface area contributed by atoms with Gasteiger partial charge in [0.05, 0.1) is 12.2 Å². The van der Waals surface area contributed by atoms with E-state index < -0.39 is 24.0 Å². The lowest BCUT2D eigenvalue weighted by Crippen LogP contribution is -2.41. The van der Waals surface area contributed by atoms with E-state index in [1.807, 2.05) is 13.8 Å². The van der Waals surface area contributed by atoms with Crippen LogP contribution in [-0.4, -0.2) is 31.6 Å². The molecule has 2 aromatic rings. The molecule has 2 rings (SSSR count). The van der Waals surface area contributed by atoms with E-state index in [2.05, 4.69) is 10.6 Å². The van der Waals surface area contributed by atoms with Gasteiger partial charge in [-0.3, -0.25) is 10.1 Å². The summed E-state index contributed by atoms with van der Waals surface area (Å²) in [5, 5.41) is 4.42. The van der Waals surface area contributed by atoms with E-state index in [1.54, 1.807) is 54.6 Å². The highest BCUT2D eigenvalue weighted by Crippen LogP contribution is 2.21. The van der Waals surface area contributed by atoms with Crippen LogP contribution in [0.1, 0.15) is 35.9 Å². The molecule has 148 valence electrons. The highest BCUT2D eigenvalue weighted by atomic mass is 16.5. The monoisotopic (exact) mass is 384 g/mol. The van der Waals surface area contributed by atoms with Crippen molar-refractivity contribution in [3.05, 3.63) is 65.7 Å². The number of urea groups is 1. The summed E-state index contributed by atoms with van der Waals surface area (Å²) in [7, 11) is 1.38. The standard InChI is InChI=1S/C21H24N2O5/c1-14(2)13-27-17-11-9-16(10-12-17)20(25)28-18(15-7-5-4-6-8-15)19(24)23-21(26)22-3/h4-12,14,18H,13H2,1-3H3,(H2,22,23,24,26). The molecule has 0 aliphatic rings. The molecule has 28 heavy (non-hydrogen) atoms. The maximum Gasteiger partial charge on any atom is 0.339 e. The first-order chi connectivity index (χ1) is 13.4. The quantitative estimate of drug-likeness (QED) is 0.716. The van der Waals surface area contributed by atoms with Gasteiger partial charge >= 0.3 is 12.0 Å². The van der Waals surface area contributed by atoms with Crippen molar-refractivity contribution in [3.63, 3.8) is 0 Å². The normalized spacial score (nSPS) is 11.4. The summed E-state index contributed by atoms with van der Waals surface area (Å²) in [6, 6.07) is 14.3. The molecule has 7 heteroatoms. The molecule has 0 saturated heterocycles. The molecule has 3 amide bonds. The summed E-state index contributed by atoms with van der Waals surface area (Å²) in [5.41, 5.74) is 0.722. The number of ether oxygens (including phenoxy) is 2. The van der Waals surface area contributed by atoms with E-state index in [4.69, 9.17) is 9.47 Å². The number of esters is 1. The lowest BCUT2D eigenvalue weighted by molar-refractivity contribution is -0.129. The fourth-order valence-electron chi connectivity index (χ4n) is 2.27. The summed E-state index contributed by atoms with van der Waals surface area (Å²) >= 11 is 0. The molecule has 0 heterocycles. The zero-order valence-electron chi connectivity index (χ0n) is 16.1. The molecular weight excluding hydrogens is 360 g/mol. The lowest BCUT2D eigenvalue weighted by Gasteiger charge is -2.17. The van der Waals surface area contributed by atoms with Gasteiger partial charge < -0.3 is 14.8 Å². The van der Waals surface area contributed by atoms with Crippen molar-refractivity contribution in [2.45, 2.75) is 20.0 Å². The zero-order chi connectivity index (χ0) is 20.5. The number of nitrogens with one attached hydrogen (secondary N) is 2. The van der Waals surface area contributed by atoms with E-state index in [-0.39, 0.29) is 5.56 Å². The summed E-state index contributed by atoms with van der Waals surface area (Å²) in [6.45, 7) is 4.65. The van der Waals surface area contributed by atoms with E-state index in [0.29, 0.717) is 23.8 Å². The first kappa shape index (κ1) is 21.0. The average molecular weight is 384 g/mol. The number of carbonyl (C=O) groups excluding carboxylic acids is 3. The van der Waals surface area contributed by atoms with Crippen molar-refractivity contribution >= 4 is 17.9 Å². The SMILES string of the molecule is CNC(=O)NC(=O)C(OC(=O)c1ccc(OCC(C)C)cc1)c1ccccc1. The molecule has 0 aromatic heterocycles. The second-order valence-corrected chi connectivity index (χ2v) is 6.49.